The highest BCUT2D eigenvalue weighted by atomic mass is 35.5. The predicted octanol–water partition coefficient (Wildman–Crippen LogP) is 3.09. The van der Waals surface area contributed by atoms with Gasteiger partial charge in [0.1, 0.15) is 5.82 Å². The molecule has 2 atom stereocenters. The van der Waals surface area contributed by atoms with Gasteiger partial charge in [-0.25, -0.2) is 4.98 Å². The van der Waals surface area contributed by atoms with Crippen molar-refractivity contribution in [3.05, 3.63) is 22.8 Å². The van der Waals surface area contributed by atoms with Crippen LogP contribution >= 0.6 is 11.6 Å². The maximum absolute atomic E-state index is 6.27. The molecule has 5 heteroatoms. The van der Waals surface area contributed by atoms with E-state index in [4.69, 9.17) is 16.3 Å². The highest BCUT2D eigenvalue weighted by molar-refractivity contribution is 6.31. The Morgan fingerprint density at radius 3 is 2.95 bits per heavy atom. The van der Waals surface area contributed by atoms with Gasteiger partial charge in [-0.05, 0) is 37.9 Å². The lowest BCUT2D eigenvalue weighted by molar-refractivity contribution is 0.0340. The lowest BCUT2D eigenvalue weighted by Gasteiger charge is -2.37. The fourth-order valence-electron chi connectivity index (χ4n) is 2.48. The smallest absolute Gasteiger partial charge is 0.129 e. The summed E-state index contributed by atoms with van der Waals surface area (Å²) in [5.74, 6) is 1.62. The average molecular weight is 312 g/mol. The van der Waals surface area contributed by atoms with Gasteiger partial charge in [0.15, 0.2) is 0 Å². The SMILES string of the molecule is CC(C)CNCc1cc(N2CC(C)OCC2C)ncc1Cl. The van der Waals surface area contributed by atoms with E-state index in [1.165, 1.54) is 0 Å². The van der Waals surface area contributed by atoms with Crippen molar-refractivity contribution in [2.45, 2.75) is 46.4 Å². The molecule has 0 radical (unpaired) electrons. The third kappa shape index (κ3) is 4.56. The minimum Gasteiger partial charge on any atom is -0.375 e. The molecule has 1 aliphatic heterocycles. The number of halogens is 1. The summed E-state index contributed by atoms with van der Waals surface area (Å²) in [6.45, 7) is 12.0. The number of hydrogen-bond acceptors (Lipinski definition) is 4. The summed E-state index contributed by atoms with van der Waals surface area (Å²) in [7, 11) is 0. The average Bonchev–Trinajstić information content (AvgIpc) is 2.43. The Morgan fingerprint density at radius 1 is 1.48 bits per heavy atom. The molecular weight excluding hydrogens is 286 g/mol. The highest BCUT2D eigenvalue weighted by Gasteiger charge is 2.24. The van der Waals surface area contributed by atoms with Crippen LogP contribution in [0.15, 0.2) is 12.3 Å². The summed E-state index contributed by atoms with van der Waals surface area (Å²) in [5, 5.41) is 4.16. The summed E-state index contributed by atoms with van der Waals surface area (Å²) in [5.41, 5.74) is 1.11. The molecule has 1 aliphatic rings. The van der Waals surface area contributed by atoms with Gasteiger partial charge in [-0.3, -0.25) is 0 Å². The van der Waals surface area contributed by atoms with Crippen LogP contribution in [0, 0.1) is 5.92 Å². The molecule has 1 aromatic rings. The quantitative estimate of drug-likeness (QED) is 0.906. The van der Waals surface area contributed by atoms with Gasteiger partial charge in [-0.1, -0.05) is 25.4 Å². The number of morpholine rings is 1. The number of pyridine rings is 1. The van der Waals surface area contributed by atoms with Crippen LogP contribution in [-0.2, 0) is 11.3 Å². The normalized spacial score (nSPS) is 22.9. The Balaban J connectivity index is 2.09. The second-order valence-corrected chi connectivity index (χ2v) is 6.71. The van der Waals surface area contributed by atoms with Crippen molar-refractivity contribution < 1.29 is 4.74 Å². The minimum absolute atomic E-state index is 0.237. The molecule has 2 heterocycles. The van der Waals surface area contributed by atoms with E-state index in [-0.39, 0.29) is 6.10 Å². The zero-order chi connectivity index (χ0) is 15.4. The van der Waals surface area contributed by atoms with Crippen molar-refractivity contribution in [2.24, 2.45) is 5.92 Å². The second kappa shape index (κ2) is 7.43. The topological polar surface area (TPSA) is 37.4 Å². The van der Waals surface area contributed by atoms with Gasteiger partial charge in [0.25, 0.3) is 0 Å². The maximum atomic E-state index is 6.27. The molecule has 0 aromatic carbocycles. The largest absolute Gasteiger partial charge is 0.375 e. The van der Waals surface area contributed by atoms with Gasteiger partial charge in [-0.15, -0.1) is 0 Å². The number of rotatable bonds is 5. The third-order valence-electron chi connectivity index (χ3n) is 3.69. The molecule has 1 N–H and O–H groups in total. The van der Waals surface area contributed by atoms with Gasteiger partial charge >= 0.3 is 0 Å². The van der Waals surface area contributed by atoms with E-state index in [0.717, 1.165) is 42.6 Å². The lowest BCUT2D eigenvalue weighted by atomic mass is 10.1. The van der Waals surface area contributed by atoms with Gasteiger partial charge in [0, 0.05) is 19.3 Å². The van der Waals surface area contributed by atoms with Crippen molar-refractivity contribution in [1.29, 1.82) is 0 Å². The van der Waals surface area contributed by atoms with E-state index in [1.807, 2.05) is 0 Å². The molecule has 0 saturated carbocycles. The van der Waals surface area contributed by atoms with Crippen molar-refractivity contribution in [3.63, 3.8) is 0 Å². The summed E-state index contributed by atoms with van der Waals surface area (Å²) in [6, 6.07) is 2.44. The Kier molecular flexibility index (Phi) is 5.85. The minimum atomic E-state index is 0.237. The molecule has 0 spiro atoms. The summed E-state index contributed by atoms with van der Waals surface area (Å²) < 4.78 is 5.68. The van der Waals surface area contributed by atoms with Gasteiger partial charge in [0.2, 0.25) is 0 Å². The van der Waals surface area contributed by atoms with Gasteiger partial charge < -0.3 is 15.0 Å². The van der Waals surface area contributed by atoms with Crippen LogP contribution in [0.5, 0.6) is 0 Å². The molecule has 1 aromatic heterocycles. The predicted molar refractivity (Wildman–Crippen MR) is 88.0 cm³/mol. The van der Waals surface area contributed by atoms with Gasteiger partial charge in [0.05, 0.1) is 23.8 Å². The molecule has 118 valence electrons. The molecule has 1 saturated heterocycles. The third-order valence-corrected chi connectivity index (χ3v) is 4.03. The molecule has 2 rings (SSSR count). The first-order valence-corrected chi connectivity index (χ1v) is 8.08. The Morgan fingerprint density at radius 2 is 2.24 bits per heavy atom. The fourth-order valence-corrected chi connectivity index (χ4v) is 2.65. The first kappa shape index (κ1) is 16.5. The molecule has 0 amide bonds. The van der Waals surface area contributed by atoms with E-state index in [9.17, 15) is 0 Å². The lowest BCUT2D eigenvalue weighted by Crippen LogP contribution is -2.47. The summed E-state index contributed by atoms with van der Waals surface area (Å²) >= 11 is 6.27. The Labute approximate surface area is 132 Å². The van der Waals surface area contributed by atoms with E-state index in [0.29, 0.717) is 12.0 Å². The summed E-state index contributed by atoms with van der Waals surface area (Å²) in [6.07, 6.45) is 2.00. The van der Waals surface area contributed by atoms with Crippen LogP contribution in [0.2, 0.25) is 5.02 Å². The van der Waals surface area contributed by atoms with Crippen molar-refractivity contribution in [3.8, 4) is 0 Å². The number of anilines is 1. The molecule has 0 bridgehead atoms. The zero-order valence-electron chi connectivity index (χ0n) is 13.4. The fraction of sp³-hybridized carbons (Fsp3) is 0.688. The van der Waals surface area contributed by atoms with Crippen molar-refractivity contribution in [2.75, 3.05) is 24.6 Å². The number of ether oxygens (including phenoxy) is 1. The van der Waals surface area contributed by atoms with E-state index >= 15 is 0 Å². The molecule has 21 heavy (non-hydrogen) atoms. The molecule has 2 unspecified atom stereocenters. The van der Waals surface area contributed by atoms with Crippen LogP contribution in [0.1, 0.15) is 33.3 Å². The van der Waals surface area contributed by atoms with Crippen LogP contribution in [0.4, 0.5) is 5.82 Å². The highest BCUT2D eigenvalue weighted by Crippen LogP contribution is 2.24. The first-order chi connectivity index (χ1) is 9.97. The molecular formula is C16H26ClN3O. The Hall–Kier alpha value is -0.840. The van der Waals surface area contributed by atoms with Crippen LogP contribution in [0.25, 0.3) is 0 Å². The van der Waals surface area contributed by atoms with Crippen molar-refractivity contribution in [1.82, 2.24) is 10.3 Å². The van der Waals surface area contributed by atoms with Crippen LogP contribution in [0.3, 0.4) is 0 Å². The van der Waals surface area contributed by atoms with Gasteiger partial charge in [-0.2, -0.15) is 0 Å². The van der Waals surface area contributed by atoms with Crippen LogP contribution < -0.4 is 10.2 Å². The number of nitrogens with zero attached hydrogens (tertiary/aromatic N) is 2. The van der Waals surface area contributed by atoms with Crippen molar-refractivity contribution >= 4 is 17.4 Å². The molecule has 1 fully saturated rings. The first-order valence-electron chi connectivity index (χ1n) is 7.70. The number of hydrogen-bond donors (Lipinski definition) is 1. The van der Waals surface area contributed by atoms with E-state index < -0.39 is 0 Å². The van der Waals surface area contributed by atoms with E-state index in [2.05, 4.69) is 49.0 Å². The zero-order valence-corrected chi connectivity index (χ0v) is 14.2. The van der Waals surface area contributed by atoms with E-state index in [1.54, 1.807) is 6.20 Å². The number of nitrogens with one attached hydrogen (secondary N) is 1. The Bertz CT molecular complexity index is 467. The second-order valence-electron chi connectivity index (χ2n) is 6.30. The maximum Gasteiger partial charge on any atom is 0.129 e. The standard InChI is InChI=1S/C16H26ClN3O/c1-11(2)6-18-7-14-5-16(19-8-15(14)17)20-9-13(4)21-10-12(20)3/h5,8,11-13,18H,6-7,9-10H2,1-4H3. The molecule has 4 nitrogen and oxygen atoms in total. The summed E-state index contributed by atoms with van der Waals surface area (Å²) in [4.78, 5) is 6.80. The van der Waals surface area contributed by atoms with Crippen LogP contribution in [-0.4, -0.2) is 36.8 Å². The monoisotopic (exact) mass is 311 g/mol. The number of aromatic nitrogens is 1. The molecule has 0 aliphatic carbocycles.